The number of benzene rings is 1. The van der Waals surface area contributed by atoms with Gasteiger partial charge in [-0.3, -0.25) is 9.36 Å². The molecule has 0 amide bonds. The quantitative estimate of drug-likeness (QED) is 0.616. The van der Waals surface area contributed by atoms with E-state index >= 15 is 0 Å². The maximum Gasteiger partial charge on any atom is 0.337 e. The molecule has 0 aliphatic carbocycles. The smallest absolute Gasteiger partial charge is 0.337 e. The minimum absolute atomic E-state index is 0.0688. The van der Waals surface area contributed by atoms with E-state index < -0.39 is 11.5 Å². The fourth-order valence-electron chi connectivity index (χ4n) is 2.47. The van der Waals surface area contributed by atoms with Gasteiger partial charge in [0.25, 0.3) is 5.56 Å². The van der Waals surface area contributed by atoms with Crippen LogP contribution in [-0.2, 0) is 11.3 Å². The number of methoxy groups -OCH3 is 1. The Kier molecular flexibility index (Phi) is 6.44. The Balaban J connectivity index is 2.46. The van der Waals surface area contributed by atoms with Gasteiger partial charge in [-0.2, -0.15) is 10.4 Å². The number of unbranched alkanes of at least 4 members (excludes halogenated alkanes) is 1. The van der Waals surface area contributed by atoms with Crippen molar-refractivity contribution in [3.63, 3.8) is 0 Å². The highest BCUT2D eigenvalue weighted by Crippen LogP contribution is 2.32. The average molecular weight is 368 g/mol. The summed E-state index contributed by atoms with van der Waals surface area (Å²) in [4.78, 5) is 23.8. The molecule has 8 nitrogen and oxygen atoms in total. The molecule has 2 rings (SSSR count). The van der Waals surface area contributed by atoms with Crippen LogP contribution >= 0.6 is 0 Å². The third kappa shape index (κ3) is 4.20. The lowest BCUT2D eigenvalue weighted by molar-refractivity contribution is 0.0601. The number of esters is 1. The fourth-order valence-corrected chi connectivity index (χ4v) is 2.47. The average Bonchev–Trinajstić information content (AvgIpc) is 2.68. The van der Waals surface area contributed by atoms with E-state index in [1.54, 1.807) is 19.1 Å². The number of pyridine rings is 1. The second-order valence-electron chi connectivity index (χ2n) is 5.83. The van der Waals surface area contributed by atoms with E-state index in [2.05, 4.69) is 15.0 Å². The van der Waals surface area contributed by atoms with Crippen molar-refractivity contribution in [3.8, 4) is 11.9 Å². The molecule has 0 fully saturated rings. The van der Waals surface area contributed by atoms with Gasteiger partial charge in [0.05, 0.1) is 18.4 Å². The molecule has 0 saturated heterocycles. The van der Waals surface area contributed by atoms with Gasteiger partial charge in [0, 0.05) is 12.1 Å². The number of aromatic hydroxyl groups is 1. The van der Waals surface area contributed by atoms with Crippen molar-refractivity contribution >= 4 is 17.3 Å². The molecule has 1 aromatic heterocycles. The number of ether oxygens (including phenoxy) is 1. The number of hydrogen-bond donors (Lipinski definition) is 1. The minimum Gasteiger partial charge on any atom is -0.493 e. The summed E-state index contributed by atoms with van der Waals surface area (Å²) in [6.07, 6.45) is 1.50. The van der Waals surface area contributed by atoms with E-state index in [0.717, 1.165) is 11.0 Å². The normalized spacial score (nSPS) is 10.7. The highest BCUT2D eigenvalue weighted by Gasteiger charge is 2.18. The second kappa shape index (κ2) is 8.76. The zero-order valence-corrected chi connectivity index (χ0v) is 15.4. The Hall–Kier alpha value is -3.47. The van der Waals surface area contributed by atoms with E-state index in [1.165, 1.54) is 19.2 Å². The predicted octanol–water partition coefficient (Wildman–Crippen LogP) is 3.74. The van der Waals surface area contributed by atoms with Crippen LogP contribution in [0.1, 0.15) is 41.3 Å². The highest BCUT2D eigenvalue weighted by atomic mass is 16.5. The van der Waals surface area contributed by atoms with E-state index in [0.29, 0.717) is 17.7 Å². The van der Waals surface area contributed by atoms with Crippen LogP contribution < -0.4 is 5.56 Å². The largest absolute Gasteiger partial charge is 0.493 e. The summed E-state index contributed by atoms with van der Waals surface area (Å²) in [5.74, 6) is -0.784. The van der Waals surface area contributed by atoms with E-state index in [-0.39, 0.29) is 29.2 Å². The molecule has 8 heteroatoms. The van der Waals surface area contributed by atoms with Gasteiger partial charge in [0.15, 0.2) is 5.69 Å². The number of nitriles is 1. The molecular formula is C19H20N4O4. The zero-order valence-electron chi connectivity index (χ0n) is 15.4. The van der Waals surface area contributed by atoms with Crippen molar-refractivity contribution in [2.24, 2.45) is 10.2 Å². The van der Waals surface area contributed by atoms with E-state index in [4.69, 9.17) is 0 Å². The molecule has 2 aromatic rings. The maximum atomic E-state index is 12.4. The SMILES string of the molecule is CCCCn1c(O)c(/N=N/c2ccc(C(=O)OC)cc2)c(C)c(C#N)c1=O. The number of hydrogen-bond acceptors (Lipinski definition) is 7. The summed E-state index contributed by atoms with van der Waals surface area (Å²) < 4.78 is 5.77. The van der Waals surface area contributed by atoms with Crippen molar-refractivity contribution in [1.29, 1.82) is 5.26 Å². The Morgan fingerprint density at radius 1 is 1.30 bits per heavy atom. The third-order valence-electron chi connectivity index (χ3n) is 4.06. The van der Waals surface area contributed by atoms with Gasteiger partial charge in [-0.05, 0) is 37.6 Å². The fraction of sp³-hybridized carbons (Fsp3) is 0.316. The lowest BCUT2D eigenvalue weighted by Gasteiger charge is -2.12. The first-order valence-corrected chi connectivity index (χ1v) is 8.41. The van der Waals surface area contributed by atoms with Crippen molar-refractivity contribution < 1.29 is 14.6 Å². The Morgan fingerprint density at radius 3 is 2.52 bits per heavy atom. The van der Waals surface area contributed by atoms with E-state index in [9.17, 15) is 20.0 Å². The first-order chi connectivity index (χ1) is 12.9. The molecular weight excluding hydrogens is 348 g/mol. The highest BCUT2D eigenvalue weighted by molar-refractivity contribution is 5.89. The molecule has 0 aliphatic rings. The first-order valence-electron chi connectivity index (χ1n) is 8.41. The topological polar surface area (TPSA) is 117 Å². The summed E-state index contributed by atoms with van der Waals surface area (Å²) in [5, 5.41) is 27.8. The van der Waals surface area contributed by atoms with Crippen molar-refractivity contribution in [2.45, 2.75) is 33.2 Å². The molecule has 140 valence electrons. The minimum atomic E-state index is -0.540. The van der Waals surface area contributed by atoms with Crippen LogP contribution in [-0.4, -0.2) is 22.8 Å². The van der Waals surface area contributed by atoms with Gasteiger partial charge < -0.3 is 9.84 Å². The molecule has 1 aromatic carbocycles. The Labute approximate surface area is 156 Å². The summed E-state index contributed by atoms with van der Waals surface area (Å²) >= 11 is 0. The summed E-state index contributed by atoms with van der Waals surface area (Å²) in [7, 11) is 1.29. The molecule has 0 bridgehead atoms. The van der Waals surface area contributed by atoms with Gasteiger partial charge in [0.2, 0.25) is 5.88 Å². The third-order valence-corrected chi connectivity index (χ3v) is 4.06. The summed E-state index contributed by atoms with van der Waals surface area (Å²) in [6.45, 7) is 3.78. The second-order valence-corrected chi connectivity index (χ2v) is 5.83. The monoisotopic (exact) mass is 368 g/mol. The number of rotatable bonds is 6. The van der Waals surface area contributed by atoms with Crippen LogP contribution in [0.2, 0.25) is 0 Å². The van der Waals surface area contributed by atoms with Crippen molar-refractivity contribution in [1.82, 2.24) is 4.57 Å². The van der Waals surface area contributed by atoms with Crippen LogP contribution in [0.5, 0.6) is 5.88 Å². The van der Waals surface area contributed by atoms with Gasteiger partial charge in [0.1, 0.15) is 11.6 Å². The molecule has 0 spiro atoms. The van der Waals surface area contributed by atoms with Crippen LogP contribution in [0, 0.1) is 18.3 Å². The predicted molar refractivity (Wildman–Crippen MR) is 98.7 cm³/mol. The Morgan fingerprint density at radius 2 is 1.96 bits per heavy atom. The van der Waals surface area contributed by atoms with Gasteiger partial charge in [-0.15, -0.1) is 5.11 Å². The standard InChI is InChI=1S/C19H20N4O4/c1-4-5-10-23-17(24)15(11-20)12(2)16(18(23)25)22-21-14-8-6-13(7-9-14)19(26)27-3/h6-9,25H,4-5,10H2,1-3H3/b22-21+. The number of azo groups is 1. The maximum absolute atomic E-state index is 12.4. The molecule has 0 atom stereocenters. The molecule has 27 heavy (non-hydrogen) atoms. The number of carbonyl (C=O) groups excluding carboxylic acids is 1. The van der Waals surface area contributed by atoms with Crippen molar-refractivity contribution in [3.05, 3.63) is 51.3 Å². The first kappa shape index (κ1) is 19.8. The molecule has 1 heterocycles. The molecule has 0 aliphatic heterocycles. The molecule has 0 radical (unpaired) electrons. The van der Waals surface area contributed by atoms with Crippen LogP contribution in [0.4, 0.5) is 11.4 Å². The molecule has 0 saturated carbocycles. The van der Waals surface area contributed by atoms with Crippen LogP contribution in [0.25, 0.3) is 0 Å². The van der Waals surface area contributed by atoms with Gasteiger partial charge in [-0.25, -0.2) is 4.79 Å². The summed E-state index contributed by atoms with van der Waals surface area (Å²) in [5.41, 5.74) is 0.532. The number of carbonyl (C=O) groups is 1. The lowest BCUT2D eigenvalue weighted by Crippen LogP contribution is -2.23. The zero-order chi connectivity index (χ0) is 20.0. The van der Waals surface area contributed by atoms with E-state index in [1.807, 2.05) is 13.0 Å². The van der Waals surface area contributed by atoms with Crippen molar-refractivity contribution in [2.75, 3.05) is 7.11 Å². The summed E-state index contributed by atoms with van der Waals surface area (Å²) in [6, 6.07) is 8.09. The van der Waals surface area contributed by atoms with Gasteiger partial charge in [-0.1, -0.05) is 13.3 Å². The number of aromatic nitrogens is 1. The molecule has 1 N–H and O–H groups in total. The van der Waals surface area contributed by atoms with Crippen LogP contribution in [0.3, 0.4) is 0 Å². The molecule has 0 unspecified atom stereocenters. The van der Waals surface area contributed by atoms with Crippen LogP contribution in [0.15, 0.2) is 39.3 Å². The lowest BCUT2D eigenvalue weighted by atomic mass is 10.1. The Bertz CT molecular complexity index is 969. The number of nitrogens with zero attached hydrogens (tertiary/aromatic N) is 4. The van der Waals surface area contributed by atoms with Gasteiger partial charge >= 0.3 is 5.97 Å².